The first-order chi connectivity index (χ1) is 10.6. The predicted octanol–water partition coefficient (Wildman–Crippen LogP) is 2.07. The van der Waals surface area contributed by atoms with Gasteiger partial charge < -0.3 is 14.7 Å². The molecule has 2 aliphatic rings. The van der Waals surface area contributed by atoms with E-state index in [1.54, 1.807) is 18.2 Å². The molecule has 0 radical (unpaired) electrons. The second-order valence-corrected chi connectivity index (χ2v) is 6.36. The van der Waals surface area contributed by atoms with Gasteiger partial charge in [0.25, 0.3) is 0 Å². The van der Waals surface area contributed by atoms with E-state index in [1.165, 1.54) is 25.3 Å². The van der Waals surface area contributed by atoms with Crippen molar-refractivity contribution in [1.29, 1.82) is 0 Å². The van der Waals surface area contributed by atoms with Crippen LogP contribution < -0.4 is 4.74 Å². The van der Waals surface area contributed by atoms with Gasteiger partial charge in [-0.1, -0.05) is 18.6 Å². The first-order valence-electron chi connectivity index (χ1n) is 7.90. The summed E-state index contributed by atoms with van der Waals surface area (Å²) < 4.78 is 5.45. The van der Waals surface area contributed by atoms with Gasteiger partial charge in [0.15, 0.2) is 5.75 Å². The number of ether oxygens (including phenoxy) is 1. The molecule has 1 saturated carbocycles. The number of aliphatic hydroxyl groups is 1. The van der Waals surface area contributed by atoms with Crippen molar-refractivity contribution in [2.45, 2.75) is 25.4 Å². The highest BCUT2D eigenvalue weighted by Crippen LogP contribution is 2.37. The molecule has 6 nitrogen and oxygen atoms in total. The molecule has 3 atom stereocenters. The van der Waals surface area contributed by atoms with Crippen LogP contribution in [-0.4, -0.2) is 47.3 Å². The van der Waals surface area contributed by atoms with Crippen LogP contribution in [0.2, 0.25) is 0 Å². The molecule has 1 aromatic carbocycles. The topological polar surface area (TPSA) is 75.8 Å². The van der Waals surface area contributed by atoms with Crippen molar-refractivity contribution in [2.24, 2.45) is 11.8 Å². The Kier molecular flexibility index (Phi) is 4.59. The summed E-state index contributed by atoms with van der Waals surface area (Å²) in [5, 5.41) is 21.0. The summed E-state index contributed by atoms with van der Waals surface area (Å²) >= 11 is 0. The number of β-amino-alcohol motifs (C(OH)–C–C–N with tert-alkyl or cyclic N) is 1. The molecule has 0 unspecified atom stereocenters. The van der Waals surface area contributed by atoms with Crippen molar-refractivity contribution in [2.75, 3.05) is 26.2 Å². The minimum absolute atomic E-state index is 0.0644. The first kappa shape index (κ1) is 15.2. The largest absolute Gasteiger partial charge is 0.484 e. The van der Waals surface area contributed by atoms with Gasteiger partial charge in [-0.2, -0.15) is 0 Å². The molecule has 120 valence electrons. The SMILES string of the molecule is O=[N+]([O-])c1ccccc1OC[C@H](O)CN1C[C@@H]2CCC[C@H]2C1. The molecule has 1 N–H and O–H groups in total. The minimum atomic E-state index is -0.626. The van der Waals surface area contributed by atoms with Gasteiger partial charge in [-0.15, -0.1) is 0 Å². The summed E-state index contributed by atoms with van der Waals surface area (Å²) in [5.74, 6) is 1.80. The second kappa shape index (κ2) is 6.62. The third-order valence-electron chi connectivity index (χ3n) is 4.76. The van der Waals surface area contributed by atoms with Gasteiger partial charge in [-0.05, 0) is 30.7 Å². The van der Waals surface area contributed by atoms with Gasteiger partial charge in [-0.3, -0.25) is 10.1 Å². The van der Waals surface area contributed by atoms with E-state index in [1.807, 2.05) is 0 Å². The highest BCUT2D eigenvalue weighted by molar-refractivity contribution is 5.45. The zero-order chi connectivity index (χ0) is 15.5. The molecule has 1 aromatic rings. The van der Waals surface area contributed by atoms with Gasteiger partial charge in [-0.25, -0.2) is 0 Å². The van der Waals surface area contributed by atoms with Crippen LogP contribution in [0.25, 0.3) is 0 Å². The summed E-state index contributed by atoms with van der Waals surface area (Å²) in [5.41, 5.74) is -0.0644. The lowest BCUT2D eigenvalue weighted by Gasteiger charge is -2.20. The highest BCUT2D eigenvalue weighted by Gasteiger charge is 2.36. The fourth-order valence-corrected chi connectivity index (χ4v) is 3.75. The number of benzene rings is 1. The van der Waals surface area contributed by atoms with E-state index in [-0.39, 0.29) is 18.0 Å². The Morgan fingerprint density at radius 2 is 2.00 bits per heavy atom. The normalized spacial score (nSPS) is 25.9. The Labute approximate surface area is 129 Å². The lowest BCUT2D eigenvalue weighted by Crippen LogP contribution is -2.34. The Morgan fingerprint density at radius 1 is 1.32 bits per heavy atom. The van der Waals surface area contributed by atoms with E-state index < -0.39 is 11.0 Å². The Morgan fingerprint density at radius 3 is 2.68 bits per heavy atom. The summed E-state index contributed by atoms with van der Waals surface area (Å²) in [6.07, 6.45) is 3.33. The van der Waals surface area contributed by atoms with Crippen LogP contribution in [0.5, 0.6) is 5.75 Å². The highest BCUT2D eigenvalue weighted by atomic mass is 16.6. The third kappa shape index (κ3) is 3.39. The molecule has 2 fully saturated rings. The zero-order valence-corrected chi connectivity index (χ0v) is 12.6. The number of hydrogen-bond donors (Lipinski definition) is 1. The van der Waals surface area contributed by atoms with Gasteiger partial charge in [0.05, 0.1) is 4.92 Å². The van der Waals surface area contributed by atoms with Crippen molar-refractivity contribution in [1.82, 2.24) is 4.90 Å². The fourth-order valence-electron chi connectivity index (χ4n) is 3.75. The number of nitro benzene ring substituents is 1. The van der Waals surface area contributed by atoms with Crippen molar-refractivity contribution < 1.29 is 14.8 Å². The van der Waals surface area contributed by atoms with Crippen molar-refractivity contribution in [3.05, 3.63) is 34.4 Å². The molecular weight excluding hydrogens is 284 g/mol. The predicted molar refractivity (Wildman–Crippen MR) is 81.9 cm³/mol. The van der Waals surface area contributed by atoms with Crippen molar-refractivity contribution in [3.8, 4) is 5.75 Å². The average Bonchev–Trinajstić information content (AvgIpc) is 3.06. The monoisotopic (exact) mass is 306 g/mol. The van der Waals surface area contributed by atoms with Crippen molar-refractivity contribution in [3.63, 3.8) is 0 Å². The molecular formula is C16H22N2O4. The van der Waals surface area contributed by atoms with Crippen LogP contribution in [0, 0.1) is 22.0 Å². The number of rotatable bonds is 6. The van der Waals surface area contributed by atoms with E-state index in [4.69, 9.17) is 4.74 Å². The molecule has 1 heterocycles. The van der Waals surface area contributed by atoms with E-state index in [2.05, 4.69) is 4.90 Å². The number of nitrogens with zero attached hydrogens (tertiary/aromatic N) is 2. The molecule has 3 rings (SSSR count). The molecule has 1 saturated heterocycles. The number of nitro groups is 1. The Bertz CT molecular complexity index is 525. The second-order valence-electron chi connectivity index (χ2n) is 6.36. The molecule has 22 heavy (non-hydrogen) atoms. The smallest absolute Gasteiger partial charge is 0.310 e. The molecule has 1 aliphatic carbocycles. The third-order valence-corrected chi connectivity index (χ3v) is 4.76. The number of fused-ring (bicyclic) bond motifs is 1. The van der Waals surface area contributed by atoms with Crippen LogP contribution in [0.4, 0.5) is 5.69 Å². The molecule has 0 amide bonds. The van der Waals surface area contributed by atoms with Crippen LogP contribution in [-0.2, 0) is 0 Å². The van der Waals surface area contributed by atoms with Gasteiger partial charge in [0.2, 0.25) is 0 Å². The summed E-state index contributed by atoms with van der Waals surface area (Å²) in [7, 11) is 0. The van der Waals surface area contributed by atoms with Crippen LogP contribution in [0.15, 0.2) is 24.3 Å². The minimum Gasteiger partial charge on any atom is -0.484 e. The molecule has 0 aromatic heterocycles. The average molecular weight is 306 g/mol. The first-order valence-corrected chi connectivity index (χ1v) is 7.90. The number of likely N-dealkylation sites (tertiary alicyclic amines) is 1. The quantitative estimate of drug-likeness (QED) is 0.643. The lowest BCUT2D eigenvalue weighted by molar-refractivity contribution is -0.385. The molecule has 0 spiro atoms. The van der Waals surface area contributed by atoms with Gasteiger partial charge in [0, 0.05) is 25.7 Å². The van der Waals surface area contributed by atoms with E-state index in [0.29, 0.717) is 6.54 Å². The van der Waals surface area contributed by atoms with E-state index in [9.17, 15) is 15.2 Å². The molecule has 6 heteroatoms. The number of para-hydroxylation sites is 2. The Hall–Kier alpha value is -1.66. The van der Waals surface area contributed by atoms with Gasteiger partial charge in [0.1, 0.15) is 12.7 Å². The maximum atomic E-state index is 10.9. The summed E-state index contributed by atoms with van der Waals surface area (Å²) in [6.45, 7) is 2.78. The zero-order valence-electron chi connectivity index (χ0n) is 12.6. The Balaban J connectivity index is 1.49. The summed E-state index contributed by atoms with van der Waals surface area (Å²) in [6, 6.07) is 6.26. The van der Waals surface area contributed by atoms with Crippen molar-refractivity contribution >= 4 is 5.69 Å². The number of hydrogen-bond acceptors (Lipinski definition) is 5. The molecule has 1 aliphatic heterocycles. The van der Waals surface area contributed by atoms with E-state index >= 15 is 0 Å². The van der Waals surface area contributed by atoms with Crippen LogP contribution >= 0.6 is 0 Å². The van der Waals surface area contributed by atoms with Crippen LogP contribution in [0.3, 0.4) is 0 Å². The fraction of sp³-hybridized carbons (Fsp3) is 0.625. The maximum absolute atomic E-state index is 10.9. The maximum Gasteiger partial charge on any atom is 0.310 e. The van der Waals surface area contributed by atoms with Gasteiger partial charge >= 0.3 is 5.69 Å². The lowest BCUT2D eigenvalue weighted by atomic mass is 10.0. The number of aliphatic hydroxyl groups excluding tert-OH is 1. The van der Waals surface area contributed by atoms with Crippen LogP contribution in [0.1, 0.15) is 19.3 Å². The van der Waals surface area contributed by atoms with E-state index in [0.717, 1.165) is 24.9 Å². The molecule has 0 bridgehead atoms. The standard InChI is InChI=1S/C16H22N2O4/c19-14(10-17-8-12-4-3-5-13(12)9-17)11-22-16-7-2-1-6-15(16)18(20)21/h1-2,6-7,12-14,19H,3-5,8-11H2/t12-,13-,14+/m0/s1. The summed E-state index contributed by atoms with van der Waals surface area (Å²) in [4.78, 5) is 12.7.